The van der Waals surface area contributed by atoms with Crippen molar-refractivity contribution in [3.8, 4) is 0 Å². The van der Waals surface area contributed by atoms with E-state index in [1.165, 1.54) is 94.6 Å². The van der Waals surface area contributed by atoms with Crippen LogP contribution in [0.15, 0.2) is 5.34 Å². The molecule has 1 fully saturated rings. The van der Waals surface area contributed by atoms with Gasteiger partial charge in [0.25, 0.3) is 0 Å². The maximum atomic E-state index is 11.5. The highest BCUT2D eigenvalue weighted by Crippen LogP contribution is 2.16. The van der Waals surface area contributed by atoms with Gasteiger partial charge in [-0.1, -0.05) is 71.1 Å². The Morgan fingerprint density at radius 1 is 0.808 bits per heavy atom. The molecular formula is C20H42N2O3S. The highest BCUT2D eigenvalue weighted by Gasteiger charge is 2.30. The van der Waals surface area contributed by atoms with Gasteiger partial charge in [0.15, 0.2) is 0 Å². The van der Waals surface area contributed by atoms with Crippen LogP contribution < -0.4 is 0 Å². The highest BCUT2D eigenvalue weighted by atomic mass is 32.2. The molecule has 1 rings (SSSR count). The lowest BCUT2D eigenvalue weighted by molar-refractivity contribution is -0.923. The lowest BCUT2D eigenvalue weighted by Gasteiger charge is -2.40. The summed E-state index contributed by atoms with van der Waals surface area (Å²) in [7, 11) is -0.521. The number of unbranched alkanes of at least 4 members (excludes halogenated alkanes) is 11. The predicted molar refractivity (Wildman–Crippen MR) is 114 cm³/mol. The number of hydrogen-bond donors (Lipinski definition) is 0. The van der Waals surface area contributed by atoms with Crippen LogP contribution in [0.5, 0.6) is 0 Å². The molecule has 1 saturated heterocycles. The molecule has 0 aromatic rings. The summed E-state index contributed by atoms with van der Waals surface area (Å²) >= 11 is 0. The van der Waals surface area contributed by atoms with Crippen LogP contribution in [-0.4, -0.2) is 46.4 Å². The molecular weight excluding hydrogens is 348 g/mol. The fourth-order valence-electron chi connectivity index (χ4n) is 3.79. The van der Waals surface area contributed by atoms with Crippen LogP contribution in [0, 0.1) is 10.1 Å². The molecule has 0 spiro atoms. The van der Waals surface area contributed by atoms with Crippen molar-refractivity contribution in [2.24, 2.45) is 5.34 Å². The molecule has 0 bridgehead atoms. The molecule has 26 heavy (non-hydrogen) atoms. The molecule has 6 heteroatoms. The van der Waals surface area contributed by atoms with Crippen molar-refractivity contribution < 1.29 is 8.69 Å². The Hall–Kier alpha value is -0.490. The summed E-state index contributed by atoms with van der Waals surface area (Å²) in [5.74, 6) is 1.87. The van der Waals surface area contributed by atoms with Crippen molar-refractivity contribution in [3.05, 3.63) is 10.1 Å². The van der Waals surface area contributed by atoms with E-state index < -0.39 is 10.8 Å². The fourth-order valence-corrected chi connectivity index (χ4v) is 5.18. The van der Waals surface area contributed by atoms with Crippen molar-refractivity contribution in [2.75, 3.05) is 37.7 Å². The Kier molecular flexibility index (Phi) is 17.6. The van der Waals surface area contributed by atoms with Gasteiger partial charge in [-0.15, -0.1) is 5.34 Å². The Bertz CT molecular complexity index is 344. The summed E-state index contributed by atoms with van der Waals surface area (Å²) in [5.41, 5.74) is 0. The molecule has 0 unspecified atom stereocenters. The minimum absolute atomic E-state index is 0.521. The maximum Gasteiger partial charge on any atom is 0.0904 e. The molecule has 156 valence electrons. The standard InChI is InChI=1S/C20H42NOS.HNO2/c1-3-5-6-7-8-9-10-11-12-13-14-15-16-21(4-2)17-19-23(22)20-18-21;2-1-3/h3-20H2,1-2H3;(H,2,3)/q+1;/p-1. The van der Waals surface area contributed by atoms with Crippen molar-refractivity contribution >= 4 is 10.8 Å². The van der Waals surface area contributed by atoms with Gasteiger partial charge in [-0.25, -0.2) is 0 Å². The van der Waals surface area contributed by atoms with Gasteiger partial charge in [-0.2, -0.15) is 0 Å². The zero-order valence-corrected chi connectivity index (χ0v) is 18.1. The molecule has 0 radical (unpaired) electrons. The smallest absolute Gasteiger partial charge is 0.0904 e. The van der Waals surface area contributed by atoms with Gasteiger partial charge in [-0.05, 0) is 19.8 Å². The molecule has 0 atom stereocenters. The van der Waals surface area contributed by atoms with Crippen molar-refractivity contribution in [3.63, 3.8) is 0 Å². The van der Waals surface area contributed by atoms with Crippen LogP contribution in [0.2, 0.25) is 0 Å². The molecule has 1 aliphatic heterocycles. The summed E-state index contributed by atoms with van der Waals surface area (Å²) in [6.45, 7) is 9.47. The lowest BCUT2D eigenvalue weighted by Crippen LogP contribution is -2.55. The molecule has 1 heterocycles. The molecule has 0 amide bonds. The van der Waals surface area contributed by atoms with Crippen LogP contribution in [0.4, 0.5) is 0 Å². The van der Waals surface area contributed by atoms with Crippen LogP contribution in [0.25, 0.3) is 0 Å². The van der Waals surface area contributed by atoms with E-state index in [2.05, 4.69) is 13.8 Å². The van der Waals surface area contributed by atoms with Gasteiger partial charge in [0.1, 0.15) is 0 Å². The topological polar surface area (TPSA) is 69.6 Å². The van der Waals surface area contributed by atoms with Gasteiger partial charge in [-0.3, -0.25) is 4.21 Å². The van der Waals surface area contributed by atoms with Crippen molar-refractivity contribution in [2.45, 2.75) is 90.9 Å². The van der Waals surface area contributed by atoms with Gasteiger partial charge in [0.2, 0.25) is 0 Å². The van der Waals surface area contributed by atoms with Gasteiger partial charge in [0, 0.05) is 10.8 Å². The zero-order chi connectivity index (χ0) is 19.5. The van der Waals surface area contributed by atoms with Gasteiger partial charge >= 0.3 is 0 Å². The van der Waals surface area contributed by atoms with Crippen LogP contribution in [0.3, 0.4) is 0 Å². The van der Waals surface area contributed by atoms with E-state index in [4.69, 9.17) is 10.1 Å². The molecule has 0 aromatic carbocycles. The number of rotatable bonds is 14. The van der Waals surface area contributed by atoms with Crippen LogP contribution >= 0.6 is 0 Å². The third-order valence-electron chi connectivity index (χ3n) is 5.74. The van der Waals surface area contributed by atoms with Gasteiger partial charge in [0.05, 0.1) is 37.7 Å². The van der Waals surface area contributed by atoms with E-state index in [-0.39, 0.29) is 0 Å². The second-order valence-corrected chi connectivity index (χ2v) is 9.34. The number of quaternary nitrogens is 1. The van der Waals surface area contributed by atoms with E-state index >= 15 is 0 Å². The SMILES string of the molecule is CCCCCCCCCCCCCC[N+]1(CC)CCS(=O)CC1.O=N[O-]. The zero-order valence-electron chi connectivity index (χ0n) is 17.3. The van der Waals surface area contributed by atoms with E-state index in [9.17, 15) is 4.21 Å². The molecule has 5 nitrogen and oxygen atoms in total. The second kappa shape index (κ2) is 17.9. The Morgan fingerprint density at radius 2 is 1.19 bits per heavy atom. The molecule has 1 aliphatic rings. The largest absolute Gasteiger partial charge is 0.444 e. The second-order valence-electron chi connectivity index (χ2n) is 7.64. The fraction of sp³-hybridized carbons (Fsp3) is 1.00. The van der Waals surface area contributed by atoms with Gasteiger partial charge < -0.3 is 14.6 Å². The predicted octanol–water partition coefficient (Wildman–Crippen LogP) is 5.54. The third-order valence-corrected chi connectivity index (χ3v) is 7.02. The molecule has 0 aromatic heterocycles. The molecule has 0 aliphatic carbocycles. The Labute approximate surface area is 163 Å². The number of hydrogen-bond acceptors (Lipinski definition) is 4. The van der Waals surface area contributed by atoms with E-state index in [1.54, 1.807) is 0 Å². The summed E-state index contributed by atoms with van der Waals surface area (Å²) in [6.07, 6.45) is 17.1. The molecule has 0 N–H and O–H groups in total. The average Bonchev–Trinajstić information content (AvgIpc) is 2.65. The Morgan fingerprint density at radius 3 is 1.58 bits per heavy atom. The summed E-state index contributed by atoms with van der Waals surface area (Å²) < 4.78 is 12.8. The minimum Gasteiger partial charge on any atom is -0.444 e. The van der Waals surface area contributed by atoms with Crippen molar-refractivity contribution in [1.82, 2.24) is 0 Å². The number of nitrogens with zero attached hydrogens (tertiary/aromatic N) is 2. The monoisotopic (exact) mass is 390 g/mol. The summed E-state index contributed by atoms with van der Waals surface area (Å²) in [4.78, 5) is 8.00. The first-order chi connectivity index (χ1) is 12.6. The lowest BCUT2D eigenvalue weighted by atomic mass is 10.0. The van der Waals surface area contributed by atoms with E-state index in [0.717, 1.165) is 29.9 Å². The first-order valence-electron chi connectivity index (χ1n) is 10.8. The summed E-state index contributed by atoms with van der Waals surface area (Å²) in [6, 6.07) is 0. The van der Waals surface area contributed by atoms with Crippen LogP contribution in [-0.2, 0) is 10.8 Å². The van der Waals surface area contributed by atoms with E-state index in [1.807, 2.05) is 0 Å². The third kappa shape index (κ3) is 13.7. The van der Waals surface area contributed by atoms with E-state index in [0.29, 0.717) is 0 Å². The maximum absolute atomic E-state index is 11.5. The van der Waals surface area contributed by atoms with Crippen LogP contribution in [0.1, 0.15) is 90.9 Å². The highest BCUT2D eigenvalue weighted by molar-refractivity contribution is 7.85. The molecule has 0 saturated carbocycles. The quantitative estimate of drug-likeness (QED) is 0.169. The first kappa shape index (κ1) is 25.5. The Balaban J connectivity index is 0.00000194. The first-order valence-corrected chi connectivity index (χ1v) is 12.3. The van der Waals surface area contributed by atoms with Crippen molar-refractivity contribution in [1.29, 1.82) is 0 Å². The minimum atomic E-state index is -0.521. The normalized spacial score (nSPS) is 22.5. The average molecular weight is 391 g/mol. The summed E-state index contributed by atoms with van der Waals surface area (Å²) in [5, 5.41) is 9.00.